The minimum Gasteiger partial charge on any atom is -0.334 e. The van der Waals surface area contributed by atoms with Gasteiger partial charge in [0.25, 0.3) is 5.91 Å². The van der Waals surface area contributed by atoms with Gasteiger partial charge in [-0.1, -0.05) is 51.3 Å². The van der Waals surface area contributed by atoms with Gasteiger partial charge in [0.2, 0.25) is 5.91 Å². The molecule has 0 radical (unpaired) electrons. The molecule has 1 saturated carbocycles. The van der Waals surface area contributed by atoms with E-state index in [0.717, 1.165) is 31.2 Å². The molecule has 31 heavy (non-hydrogen) atoms. The van der Waals surface area contributed by atoms with Crippen molar-refractivity contribution in [2.75, 3.05) is 5.32 Å². The van der Waals surface area contributed by atoms with Gasteiger partial charge in [-0.05, 0) is 53.5 Å². The van der Waals surface area contributed by atoms with E-state index in [1.165, 1.54) is 11.3 Å². The van der Waals surface area contributed by atoms with Crippen molar-refractivity contribution in [1.82, 2.24) is 4.90 Å². The maximum Gasteiger partial charge on any atom is 0.265 e. The number of anilines is 1. The maximum absolute atomic E-state index is 13.3. The molecule has 3 rings (SSSR count). The second-order valence-electron chi connectivity index (χ2n) is 9.51. The Hall–Kier alpha value is -1.89. The molecule has 1 aliphatic rings. The van der Waals surface area contributed by atoms with E-state index in [-0.39, 0.29) is 29.3 Å². The summed E-state index contributed by atoms with van der Waals surface area (Å²) >= 11 is 7.90. The van der Waals surface area contributed by atoms with Crippen molar-refractivity contribution in [3.63, 3.8) is 0 Å². The van der Waals surface area contributed by atoms with Gasteiger partial charge in [-0.25, -0.2) is 0 Å². The van der Waals surface area contributed by atoms with Gasteiger partial charge in [0.05, 0.1) is 4.88 Å². The quantitative estimate of drug-likeness (QED) is 0.580. The number of carbonyl (C=O) groups is 2. The maximum atomic E-state index is 13.3. The average molecular weight is 462 g/mol. The second kappa shape index (κ2) is 10.2. The van der Waals surface area contributed by atoms with Crippen molar-refractivity contribution in [3.05, 3.63) is 51.2 Å². The zero-order chi connectivity index (χ0) is 22.6. The molecular formula is C24H32ClN3O2S. The van der Waals surface area contributed by atoms with Gasteiger partial charge >= 0.3 is 0 Å². The van der Waals surface area contributed by atoms with E-state index in [1.807, 2.05) is 22.4 Å². The lowest BCUT2D eigenvalue weighted by molar-refractivity contribution is -0.137. The summed E-state index contributed by atoms with van der Waals surface area (Å²) in [5.41, 5.74) is 7.80. The lowest BCUT2D eigenvalue weighted by Gasteiger charge is -2.39. The largest absolute Gasteiger partial charge is 0.334 e. The molecule has 1 fully saturated rings. The van der Waals surface area contributed by atoms with Crippen LogP contribution in [0, 0.1) is 5.41 Å². The molecule has 0 aliphatic heterocycles. The molecule has 0 spiro atoms. The molecule has 1 aromatic carbocycles. The van der Waals surface area contributed by atoms with E-state index in [0.29, 0.717) is 28.6 Å². The fourth-order valence-electron chi connectivity index (χ4n) is 4.03. The topological polar surface area (TPSA) is 75.4 Å². The second-order valence-corrected chi connectivity index (χ2v) is 10.9. The van der Waals surface area contributed by atoms with Gasteiger partial charge in [-0.15, -0.1) is 11.3 Å². The summed E-state index contributed by atoms with van der Waals surface area (Å²) in [7, 11) is 0. The Morgan fingerprint density at radius 2 is 1.97 bits per heavy atom. The van der Waals surface area contributed by atoms with E-state index in [2.05, 4.69) is 26.1 Å². The minimum absolute atomic E-state index is 0.00373. The Morgan fingerprint density at radius 1 is 1.23 bits per heavy atom. The number of nitrogens with zero attached hydrogens (tertiary/aromatic N) is 1. The summed E-state index contributed by atoms with van der Waals surface area (Å²) in [6, 6.07) is 9.02. The van der Waals surface area contributed by atoms with Gasteiger partial charge in [-0.2, -0.15) is 0 Å². The number of carbonyl (C=O) groups excluding carboxylic acids is 2. The van der Waals surface area contributed by atoms with Crippen LogP contribution < -0.4 is 11.1 Å². The molecule has 168 valence electrons. The fourth-order valence-corrected chi connectivity index (χ4v) is 4.83. The Morgan fingerprint density at radius 3 is 2.61 bits per heavy atom. The van der Waals surface area contributed by atoms with Crippen molar-refractivity contribution in [2.24, 2.45) is 11.1 Å². The highest BCUT2D eigenvalue weighted by Crippen LogP contribution is 2.30. The molecule has 3 N–H and O–H groups in total. The molecule has 5 nitrogen and oxygen atoms in total. The molecule has 0 saturated heterocycles. The summed E-state index contributed by atoms with van der Waals surface area (Å²) in [6.45, 7) is 6.58. The third-order valence-corrected chi connectivity index (χ3v) is 6.81. The molecule has 2 unspecified atom stereocenters. The highest BCUT2D eigenvalue weighted by atomic mass is 35.5. The number of hydrogen-bond acceptors (Lipinski definition) is 4. The van der Waals surface area contributed by atoms with Gasteiger partial charge in [-0.3, -0.25) is 9.59 Å². The molecule has 2 amide bonds. The first-order chi connectivity index (χ1) is 14.6. The van der Waals surface area contributed by atoms with Crippen LogP contribution in [-0.2, 0) is 11.3 Å². The Kier molecular flexibility index (Phi) is 7.78. The summed E-state index contributed by atoms with van der Waals surface area (Å²) in [5, 5.41) is 5.37. The highest BCUT2D eigenvalue weighted by molar-refractivity contribution is 7.12. The van der Waals surface area contributed by atoms with Crippen LogP contribution in [-0.4, -0.2) is 28.8 Å². The first kappa shape index (κ1) is 23.8. The van der Waals surface area contributed by atoms with E-state index in [1.54, 1.807) is 18.2 Å². The summed E-state index contributed by atoms with van der Waals surface area (Å²) < 4.78 is 0. The molecule has 1 aliphatic carbocycles. The van der Waals surface area contributed by atoms with Crippen molar-refractivity contribution in [1.29, 1.82) is 0 Å². The minimum atomic E-state index is -0.154. The molecule has 2 atom stereocenters. The monoisotopic (exact) mass is 461 g/mol. The van der Waals surface area contributed by atoms with Crippen LogP contribution in [0.5, 0.6) is 0 Å². The molecule has 0 bridgehead atoms. The SMILES string of the molecule is CC(C)(C)CC(=O)N(Cc1cc(NC(=O)c2cccs2)ccc1Cl)C1CCCCC1N. The Balaban J connectivity index is 1.83. The number of hydrogen-bond donors (Lipinski definition) is 2. The first-order valence-electron chi connectivity index (χ1n) is 10.8. The normalized spacial score (nSPS) is 19.1. The van der Waals surface area contributed by atoms with E-state index in [4.69, 9.17) is 17.3 Å². The van der Waals surface area contributed by atoms with Crippen LogP contribution in [0.2, 0.25) is 5.02 Å². The number of amides is 2. The van der Waals surface area contributed by atoms with E-state index >= 15 is 0 Å². The van der Waals surface area contributed by atoms with Gasteiger partial charge < -0.3 is 16.0 Å². The number of halogens is 1. The fraction of sp³-hybridized carbons (Fsp3) is 0.500. The number of nitrogens with one attached hydrogen (secondary N) is 1. The van der Waals surface area contributed by atoms with Crippen molar-refractivity contribution in [2.45, 2.75) is 71.5 Å². The predicted octanol–water partition coefficient (Wildman–Crippen LogP) is 5.69. The summed E-state index contributed by atoms with van der Waals surface area (Å²) in [5.74, 6) is -0.0582. The third kappa shape index (κ3) is 6.55. The molecule has 1 aromatic heterocycles. The van der Waals surface area contributed by atoms with Crippen LogP contribution >= 0.6 is 22.9 Å². The number of nitrogens with two attached hydrogens (primary N) is 1. The van der Waals surface area contributed by atoms with E-state index in [9.17, 15) is 9.59 Å². The first-order valence-corrected chi connectivity index (χ1v) is 12.1. The summed E-state index contributed by atoms with van der Waals surface area (Å²) in [4.78, 5) is 28.3. The van der Waals surface area contributed by atoms with Crippen molar-refractivity contribution in [3.8, 4) is 0 Å². The Bertz CT molecular complexity index is 908. The lowest BCUT2D eigenvalue weighted by atomic mass is 9.87. The van der Waals surface area contributed by atoms with Crippen LogP contribution in [0.1, 0.15) is 68.1 Å². The smallest absolute Gasteiger partial charge is 0.265 e. The van der Waals surface area contributed by atoms with Crippen LogP contribution in [0.4, 0.5) is 5.69 Å². The number of rotatable bonds is 6. The molecule has 7 heteroatoms. The third-order valence-electron chi connectivity index (χ3n) is 5.57. The van der Waals surface area contributed by atoms with Crippen LogP contribution in [0.25, 0.3) is 0 Å². The molecule has 1 heterocycles. The van der Waals surface area contributed by atoms with Crippen molar-refractivity contribution < 1.29 is 9.59 Å². The van der Waals surface area contributed by atoms with Crippen LogP contribution in [0.15, 0.2) is 35.7 Å². The predicted molar refractivity (Wildman–Crippen MR) is 129 cm³/mol. The number of benzene rings is 1. The van der Waals surface area contributed by atoms with E-state index < -0.39 is 0 Å². The summed E-state index contributed by atoms with van der Waals surface area (Å²) in [6.07, 6.45) is 4.45. The molecule has 2 aromatic rings. The Labute approximate surface area is 194 Å². The van der Waals surface area contributed by atoms with Crippen molar-refractivity contribution >= 4 is 40.4 Å². The average Bonchev–Trinajstić information content (AvgIpc) is 3.22. The molecular weight excluding hydrogens is 430 g/mol. The van der Waals surface area contributed by atoms with Gasteiger partial charge in [0.1, 0.15) is 0 Å². The number of thiophene rings is 1. The standard InChI is InChI=1S/C24H32ClN3O2S/c1-24(2,3)14-22(29)28(20-8-5-4-7-19(20)26)15-16-13-17(10-11-18(16)25)27-23(30)21-9-6-12-31-21/h6,9-13,19-20H,4-5,7-8,14-15,26H2,1-3H3,(H,27,30). The zero-order valence-electron chi connectivity index (χ0n) is 18.5. The van der Waals surface area contributed by atoms with Crippen LogP contribution in [0.3, 0.4) is 0 Å². The van der Waals surface area contributed by atoms with Gasteiger partial charge in [0.15, 0.2) is 0 Å². The lowest BCUT2D eigenvalue weighted by Crippen LogP contribution is -2.52. The highest BCUT2D eigenvalue weighted by Gasteiger charge is 2.33. The zero-order valence-corrected chi connectivity index (χ0v) is 20.1. The van der Waals surface area contributed by atoms with Gasteiger partial charge in [0, 0.05) is 35.8 Å².